The monoisotopic (exact) mass is 1000 g/mol. The second kappa shape index (κ2) is 17.9. The first kappa shape index (κ1) is 48.1. The van der Waals surface area contributed by atoms with Crippen molar-refractivity contribution in [3.8, 4) is 0 Å². The molecule has 6 rings (SSSR count). The second-order valence-corrected chi connectivity index (χ2v) is 18.1. The lowest BCUT2D eigenvalue weighted by atomic mass is 9.71. The van der Waals surface area contributed by atoms with Crippen LogP contribution in [0.3, 0.4) is 0 Å². The van der Waals surface area contributed by atoms with Crippen LogP contribution in [0.25, 0.3) is 21.5 Å². The number of carbonyl (C=O) groups excluding carboxylic acids is 2. The molecule has 0 heterocycles. The number of benzene rings is 6. The van der Waals surface area contributed by atoms with Crippen LogP contribution in [0.2, 0.25) is 10.0 Å². The topological polar surface area (TPSA) is 220 Å². The lowest BCUT2D eigenvalue weighted by molar-refractivity contribution is -0.432. The van der Waals surface area contributed by atoms with Crippen LogP contribution >= 0.6 is 47.3 Å². The maximum Gasteiger partial charge on any atom is 0.411 e. The number of hydrogen-bond acceptors (Lipinski definition) is 14. The molecule has 332 valence electrons. The summed E-state index contributed by atoms with van der Waals surface area (Å²) in [6, 6.07) is 12.3. The minimum absolute atomic E-state index is 0.103. The SMILES string of the molecule is O=C(c1cc(SOOO)c2ccc(S(=O)(=O)O)cc2c1)c1cc(C(c2ccc(Cl)c(C(=O)c3cc(S(=O)(=O)O)c4ccc(SOOO)cc4c3)c2)(C(F)(F)F)C(F)(F)F)ccc1Cl. The average molecular weight is 1000 g/mol. The van der Waals surface area contributed by atoms with E-state index in [1.165, 1.54) is 12.1 Å². The molecule has 26 heteroatoms. The van der Waals surface area contributed by atoms with E-state index in [9.17, 15) is 35.5 Å². The Kier molecular flexibility index (Phi) is 13.7. The molecule has 63 heavy (non-hydrogen) atoms. The predicted octanol–water partition coefficient (Wildman–Crippen LogP) is 10.5. The van der Waals surface area contributed by atoms with E-state index in [1.54, 1.807) is 0 Å². The fraction of sp³-hybridized carbons (Fsp3) is 0.0811. The maximum atomic E-state index is 15.5. The number of ketones is 2. The predicted molar refractivity (Wildman–Crippen MR) is 211 cm³/mol. The normalized spacial score (nSPS) is 12.9. The van der Waals surface area contributed by atoms with E-state index < -0.39 is 103 Å². The molecule has 0 aliphatic rings. The zero-order valence-corrected chi connectivity index (χ0v) is 35.0. The third-order valence-corrected chi connectivity index (χ3v) is 12.9. The van der Waals surface area contributed by atoms with Gasteiger partial charge in [-0.3, -0.25) is 18.7 Å². The van der Waals surface area contributed by atoms with Gasteiger partial charge in [-0.05, 0) is 100 Å². The first-order chi connectivity index (χ1) is 29.3. The molecule has 0 fully saturated rings. The molecule has 14 nitrogen and oxygen atoms in total. The van der Waals surface area contributed by atoms with Crippen LogP contribution in [-0.2, 0) is 44.4 Å². The summed E-state index contributed by atoms with van der Waals surface area (Å²) in [5.41, 5.74) is -11.5. The van der Waals surface area contributed by atoms with Crippen molar-refractivity contribution in [2.24, 2.45) is 0 Å². The van der Waals surface area contributed by atoms with Crippen LogP contribution < -0.4 is 0 Å². The molecule has 6 aromatic rings. The van der Waals surface area contributed by atoms with Crippen molar-refractivity contribution < 1.29 is 91.1 Å². The van der Waals surface area contributed by atoms with Crippen LogP contribution in [0.4, 0.5) is 26.3 Å². The highest BCUT2D eigenvalue weighted by atomic mass is 35.5. The zero-order chi connectivity index (χ0) is 46.4. The molecular weight excluding hydrogens is 982 g/mol. The minimum atomic E-state index is -6.33. The fourth-order valence-electron chi connectivity index (χ4n) is 6.65. The highest BCUT2D eigenvalue weighted by molar-refractivity contribution is 7.95. The summed E-state index contributed by atoms with van der Waals surface area (Å²) in [5.74, 6) is -2.73. The van der Waals surface area contributed by atoms with Gasteiger partial charge < -0.3 is 0 Å². The number of carbonyl (C=O) groups is 2. The molecule has 0 radical (unpaired) electrons. The molecule has 0 amide bonds. The van der Waals surface area contributed by atoms with Crippen LogP contribution in [0.5, 0.6) is 0 Å². The zero-order valence-electron chi connectivity index (χ0n) is 30.3. The van der Waals surface area contributed by atoms with Crippen LogP contribution in [0.15, 0.2) is 117 Å². The van der Waals surface area contributed by atoms with Gasteiger partial charge in [0.25, 0.3) is 20.2 Å². The smallest absolute Gasteiger partial charge is 0.289 e. The number of halogens is 8. The van der Waals surface area contributed by atoms with Gasteiger partial charge in [0.05, 0.1) is 39.0 Å². The van der Waals surface area contributed by atoms with Crippen molar-refractivity contribution in [3.05, 3.63) is 140 Å². The Morgan fingerprint density at radius 1 is 0.571 bits per heavy atom. The van der Waals surface area contributed by atoms with Crippen LogP contribution in [-0.4, -0.2) is 60.4 Å². The quantitative estimate of drug-likeness (QED) is 0.0199. The third-order valence-electron chi connectivity index (χ3n) is 9.33. The lowest BCUT2D eigenvalue weighted by Gasteiger charge is -2.38. The Balaban J connectivity index is 1.55. The van der Waals surface area contributed by atoms with Gasteiger partial charge in [0.1, 0.15) is 4.90 Å². The van der Waals surface area contributed by atoms with Gasteiger partial charge in [0.15, 0.2) is 11.6 Å². The Labute approximate surface area is 367 Å². The van der Waals surface area contributed by atoms with E-state index in [1.807, 2.05) is 0 Å². The summed E-state index contributed by atoms with van der Waals surface area (Å²) in [6.45, 7) is 0. The summed E-state index contributed by atoms with van der Waals surface area (Å²) in [4.78, 5) is 26.5. The molecular formula is C37H20Cl2F6O14S4. The van der Waals surface area contributed by atoms with Gasteiger partial charge in [-0.15, -0.1) is 8.67 Å². The Morgan fingerprint density at radius 3 is 1.56 bits per heavy atom. The van der Waals surface area contributed by atoms with Crippen molar-refractivity contribution in [3.63, 3.8) is 0 Å². The molecule has 0 bridgehead atoms. The fourth-order valence-corrected chi connectivity index (χ4v) is 9.27. The van der Waals surface area contributed by atoms with Gasteiger partial charge in [-0.25, -0.2) is 10.5 Å². The molecule has 0 aliphatic carbocycles. The van der Waals surface area contributed by atoms with Crippen molar-refractivity contribution in [1.82, 2.24) is 0 Å². The van der Waals surface area contributed by atoms with E-state index >= 15 is 26.3 Å². The highest BCUT2D eigenvalue weighted by Crippen LogP contribution is 2.57. The van der Waals surface area contributed by atoms with Crippen molar-refractivity contribution in [2.75, 3.05) is 0 Å². The second-order valence-electron chi connectivity index (χ2n) is 12.9. The number of hydrogen-bond donors (Lipinski definition) is 4. The minimum Gasteiger partial charge on any atom is -0.289 e. The molecule has 0 unspecified atom stereocenters. The van der Waals surface area contributed by atoms with Gasteiger partial charge in [0, 0.05) is 37.4 Å². The van der Waals surface area contributed by atoms with Gasteiger partial charge in [0.2, 0.25) is 5.41 Å². The summed E-state index contributed by atoms with van der Waals surface area (Å²) in [6.07, 6.45) is -12.7. The molecule has 4 N–H and O–H groups in total. The van der Waals surface area contributed by atoms with E-state index in [-0.39, 0.29) is 55.5 Å². The molecule has 0 saturated carbocycles. The van der Waals surface area contributed by atoms with E-state index in [4.69, 9.17) is 33.7 Å². The van der Waals surface area contributed by atoms with E-state index in [2.05, 4.69) is 18.7 Å². The number of alkyl halides is 6. The molecule has 0 saturated heterocycles. The molecule has 0 spiro atoms. The number of rotatable bonds is 14. The van der Waals surface area contributed by atoms with Crippen LogP contribution in [0.1, 0.15) is 43.0 Å². The van der Waals surface area contributed by atoms with E-state index in [0.29, 0.717) is 42.4 Å². The largest absolute Gasteiger partial charge is 0.411 e. The summed E-state index contributed by atoms with van der Waals surface area (Å²) < 4.78 is 170. The van der Waals surface area contributed by atoms with Gasteiger partial charge >= 0.3 is 12.4 Å². The van der Waals surface area contributed by atoms with Gasteiger partial charge in [-0.2, -0.15) is 43.2 Å². The first-order valence-electron chi connectivity index (χ1n) is 16.6. The van der Waals surface area contributed by atoms with Crippen molar-refractivity contribution in [1.29, 1.82) is 0 Å². The maximum absolute atomic E-state index is 15.5. The first-order valence-corrected chi connectivity index (χ1v) is 21.7. The highest BCUT2D eigenvalue weighted by Gasteiger charge is 2.72. The third kappa shape index (κ3) is 9.41. The van der Waals surface area contributed by atoms with Crippen molar-refractivity contribution in [2.45, 2.75) is 37.3 Å². The van der Waals surface area contributed by atoms with E-state index in [0.717, 1.165) is 42.5 Å². The Hall–Kier alpha value is -4.38. The molecule has 0 aliphatic heterocycles. The molecule has 0 atom stereocenters. The summed E-state index contributed by atoms with van der Waals surface area (Å²) in [7, 11) is -10.00. The van der Waals surface area contributed by atoms with Crippen LogP contribution in [0, 0.1) is 0 Å². The molecule has 6 aromatic carbocycles. The molecule has 0 aromatic heterocycles. The summed E-state index contributed by atoms with van der Waals surface area (Å²) in [5, 5.41) is 22.6. The Morgan fingerprint density at radius 2 is 1.06 bits per heavy atom. The number of fused-ring (bicyclic) bond motifs is 2. The van der Waals surface area contributed by atoms with Crippen molar-refractivity contribution >= 4 is 101 Å². The van der Waals surface area contributed by atoms with Gasteiger partial charge in [-0.1, -0.05) is 57.5 Å². The lowest BCUT2D eigenvalue weighted by Crippen LogP contribution is -2.55. The average Bonchev–Trinajstić information content (AvgIpc) is 3.20. The Bertz CT molecular complexity index is 3050. The summed E-state index contributed by atoms with van der Waals surface area (Å²) >= 11 is 13.1. The standard InChI is InChI=1S/C37H20Cl2F6O14S4/c38-29-7-1-21(15-27(29)33(46)19-10-18-12-24(62(50,51)52)4-6-25(18)31(13-19)61-59-57-49)35(36(40,41)42,37(43,44)45)22-2-8-30(39)28(16-22)34(47)20-9-17-11-23(60-58-56-48)3-5-26(17)32(14-20)63(53,54)55/h1-16,48-49H,(H,50,51,52)(H,53,54,55).